The Morgan fingerprint density at radius 2 is 2.14 bits per heavy atom. The highest BCUT2D eigenvalue weighted by molar-refractivity contribution is 5.91. The fourth-order valence-corrected chi connectivity index (χ4v) is 2.28. The number of aromatic nitrogens is 1. The third-order valence-corrected chi connectivity index (χ3v) is 3.21. The SMILES string of the molecule is Cc1cc(=O)cc(C(=O)N[C@H](CC(C)C)c2cccnc2)o1. The van der Waals surface area contributed by atoms with Crippen molar-refractivity contribution in [3.63, 3.8) is 0 Å². The lowest BCUT2D eigenvalue weighted by atomic mass is 9.98. The summed E-state index contributed by atoms with van der Waals surface area (Å²) in [7, 11) is 0. The molecule has 0 fully saturated rings. The molecule has 0 saturated carbocycles. The minimum Gasteiger partial charge on any atom is -0.456 e. The Morgan fingerprint density at radius 1 is 1.36 bits per heavy atom. The molecule has 5 heteroatoms. The van der Waals surface area contributed by atoms with E-state index in [-0.39, 0.29) is 17.2 Å². The number of carbonyl (C=O) groups is 1. The first-order valence-corrected chi connectivity index (χ1v) is 7.28. The predicted octanol–water partition coefficient (Wildman–Crippen LogP) is 2.86. The number of hydrogen-bond donors (Lipinski definition) is 1. The van der Waals surface area contributed by atoms with E-state index in [0.717, 1.165) is 12.0 Å². The van der Waals surface area contributed by atoms with Crippen molar-refractivity contribution in [3.8, 4) is 0 Å². The molecule has 1 atom stereocenters. The van der Waals surface area contributed by atoms with Gasteiger partial charge < -0.3 is 9.73 Å². The summed E-state index contributed by atoms with van der Waals surface area (Å²) in [6, 6.07) is 6.14. The van der Waals surface area contributed by atoms with E-state index in [4.69, 9.17) is 4.42 Å². The van der Waals surface area contributed by atoms with Gasteiger partial charge in [-0.15, -0.1) is 0 Å². The van der Waals surface area contributed by atoms with Crippen LogP contribution in [0.4, 0.5) is 0 Å². The molecule has 0 aromatic carbocycles. The highest BCUT2D eigenvalue weighted by atomic mass is 16.3. The summed E-state index contributed by atoms with van der Waals surface area (Å²) in [5.74, 6) is 0.451. The number of rotatable bonds is 5. The summed E-state index contributed by atoms with van der Waals surface area (Å²) in [6.45, 7) is 5.82. The third kappa shape index (κ3) is 4.28. The van der Waals surface area contributed by atoms with Crippen molar-refractivity contribution in [2.24, 2.45) is 5.92 Å². The van der Waals surface area contributed by atoms with Crippen LogP contribution >= 0.6 is 0 Å². The zero-order valence-corrected chi connectivity index (χ0v) is 13.0. The maximum atomic E-state index is 12.4. The van der Waals surface area contributed by atoms with Crippen LogP contribution in [0.25, 0.3) is 0 Å². The monoisotopic (exact) mass is 300 g/mol. The standard InChI is InChI=1S/C17H20N2O3/c1-11(2)7-15(13-5-4-6-18-10-13)19-17(21)16-9-14(20)8-12(3)22-16/h4-6,8-11,15H,7H2,1-3H3,(H,19,21)/t15-/m1/s1. The van der Waals surface area contributed by atoms with E-state index in [1.54, 1.807) is 19.3 Å². The number of nitrogens with zero attached hydrogens (tertiary/aromatic N) is 1. The number of aryl methyl sites for hydroxylation is 1. The van der Waals surface area contributed by atoms with Crippen LogP contribution in [0.5, 0.6) is 0 Å². The number of nitrogens with one attached hydrogen (secondary N) is 1. The lowest BCUT2D eigenvalue weighted by Crippen LogP contribution is -2.30. The van der Waals surface area contributed by atoms with Crippen molar-refractivity contribution in [1.82, 2.24) is 10.3 Å². The maximum absolute atomic E-state index is 12.4. The Labute approximate surface area is 129 Å². The van der Waals surface area contributed by atoms with Gasteiger partial charge in [-0.3, -0.25) is 14.6 Å². The van der Waals surface area contributed by atoms with E-state index in [2.05, 4.69) is 24.1 Å². The first kappa shape index (κ1) is 15.9. The van der Waals surface area contributed by atoms with Gasteiger partial charge in [0.25, 0.3) is 5.91 Å². The lowest BCUT2D eigenvalue weighted by Gasteiger charge is -2.20. The Hall–Kier alpha value is -2.43. The molecule has 0 bridgehead atoms. The zero-order chi connectivity index (χ0) is 16.1. The average Bonchev–Trinajstić information content (AvgIpc) is 2.46. The predicted molar refractivity (Wildman–Crippen MR) is 83.6 cm³/mol. The fourth-order valence-electron chi connectivity index (χ4n) is 2.28. The first-order chi connectivity index (χ1) is 10.5. The Bertz CT molecular complexity index is 693. The van der Waals surface area contributed by atoms with Crippen molar-refractivity contribution in [1.29, 1.82) is 0 Å². The first-order valence-electron chi connectivity index (χ1n) is 7.28. The van der Waals surface area contributed by atoms with Gasteiger partial charge in [0.05, 0.1) is 6.04 Å². The molecule has 22 heavy (non-hydrogen) atoms. The molecule has 0 aliphatic heterocycles. The van der Waals surface area contributed by atoms with Crippen LogP contribution in [0.15, 0.2) is 45.9 Å². The largest absolute Gasteiger partial charge is 0.456 e. The van der Waals surface area contributed by atoms with E-state index in [0.29, 0.717) is 11.7 Å². The third-order valence-electron chi connectivity index (χ3n) is 3.21. The van der Waals surface area contributed by atoms with Crippen molar-refractivity contribution in [2.45, 2.75) is 33.2 Å². The molecule has 0 spiro atoms. The highest BCUT2D eigenvalue weighted by Crippen LogP contribution is 2.21. The van der Waals surface area contributed by atoms with Gasteiger partial charge >= 0.3 is 0 Å². The van der Waals surface area contributed by atoms with Crippen LogP contribution in [-0.2, 0) is 0 Å². The molecule has 116 valence electrons. The van der Waals surface area contributed by atoms with Crippen molar-refractivity contribution in [3.05, 3.63) is 64.0 Å². The van der Waals surface area contributed by atoms with Crippen LogP contribution < -0.4 is 10.7 Å². The summed E-state index contributed by atoms with van der Waals surface area (Å²) in [4.78, 5) is 27.9. The van der Waals surface area contributed by atoms with Crippen molar-refractivity contribution >= 4 is 5.91 Å². The van der Waals surface area contributed by atoms with Crippen molar-refractivity contribution < 1.29 is 9.21 Å². The maximum Gasteiger partial charge on any atom is 0.287 e. The molecule has 1 amide bonds. The van der Waals surface area contributed by atoms with Gasteiger partial charge in [-0.2, -0.15) is 0 Å². The van der Waals surface area contributed by atoms with Crippen LogP contribution in [0, 0.1) is 12.8 Å². The molecular weight excluding hydrogens is 280 g/mol. The average molecular weight is 300 g/mol. The molecule has 2 aromatic rings. The zero-order valence-electron chi connectivity index (χ0n) is 13.0. The van der Waals surface area contributed by atoms with E-state index >= 15 is 0 Å². The normalized spacial score (nSPS) is 12.2. The number of hydrogen-bond acceptors (Lipinski definition) is 4. The molecule has 5 nitrogen and oxygen atoms in total. The van der Waals surface area contributed by atoms with Crippen molar-refractivity contribution in [2.75, 3.05) is 0 Å². The lowest BCUT2D eigenvalue weighted by molar-refractivity contribution is 0.0899. The molecule has 0 saturated heterocycles. The second-order valence-electron chi connectivity index (χ2n) is 5.71. The Balaban J connectivity index is 2.23. The number of amides is 1. The summed E-state index contributed by atoms with van der Waals surface area (Å²) in [6.07, 6.45) is 4.20. The highest BCUT2D eigenvalue weighted by Gasteiger charge is 2.19. The Kier molecular flexibility index (Phi) is 5.09. The minimum absolute atomic E-state index is 0.0302. The molecule has 2 aromatic heterocycles. The van der Waals surface area contributed by atoms with Crippen LogP contribution in [0.3, 0.4) is 0 Å². The quantitative estimate of drug-likeness (QED) is 0.921. The second kappa shape index (κ2) is 7.02. The number of carbonyl (C=O) groups excluding carboxylic acids is 1. The van der Waals surface area contributed by atoms with Crippen LogP contribution in [0.2, 0.25) is 0 Å². The Morgan fingerprint density at radius 3 is 2.73 bits per heavy atom. The minimum atomic E-state index is -0.393. The fraction of sp³-hybridized carbons (Fsp3) is 0.353. The van der Waals surface area contributed by atoms with Gasteiger partial charge in [0.2, 0.25) is 0 Å². The number of pyridine rings is 1. The van der Waals surface area contributed by atoms with E-state index in [9.17, 15) is 9.59 Å². The van der Waals surface area contributed by atoms with Gasteiger partial charge in [0.15, 0.2) is 11.2 Å². The summed E-state index contributed by atoms with van der Waals surface area (Å²) >= 11 is 0. The summed E-state index contributed by atoms with van der Waals surface area (Å²) < 4.78 is 5.33. The van der Waals surface area contributed by atoms with Crippen LogP contribution in [-0.4, -0.2) is 10.9 Å². The van der Waals surface area contributed by atoms with E-state index in [1.165, 1.54) is 12.1 Å². The molecule has 0 aliphatic carbocycles. The van der Waals surface area contributed by atoms with Gasteiger partial charge in [0, 0.05) is 24.5 Å². The van der Waals surface area contributed by atoms with Gasteiger partial charge in [-0.1, -0.05) is 19.9 Å². The molecule has 2 heterocycles. The molecule has 1 N–H and O–H groups in total. The molecule has 2 rings (SSSR count). The van der Waals surface area contributed by atoms with Gasteiger partial charge in [0.1, 0.15) is 5.76 Å². The smallest absolute Gasteiger partial charge is 0.287 e. The summed E-state index contributed by atoms with van der Waals surface area (Å²) in [5.41, 5.74) is 0.690. The molecular formula is C17H20N2O3. The van der Waals surface area contributed by atoms with E-state index in [1.807, 2.05) is 12.1 Å². The van der Waals surface area contributed by atoms with E-state index < -0.39 is 5.91 Å². The topological polar surface area (TPSA) is 72.2 Å². The molecule has 0 aliphatic rings. The second-order valence-corrected chi connectivity index (χ2v) is 5.71. The van der Waals surface area contributed by atoms with Crippen LogP contribution in [0.1, 0.15) is 48.2 Å². The molecule has 0 radical (unpaired) electrons. The van der Waals surface area contributed by atoms with Gasteiger partial charge in [-0.25, -0.2) is 0 Å². The molecule has 0 unspecified atom stereocenters. The summed E-state index contributed by atoms with van der Waals surface area (Å²) in [5, 5.41) is 2.92. The van der Waals surface area contributed by atoms with Gasteiger partial charge in [-0.05, 0) is 30.9 Å².